The van der Waals surface area contributed by atoms with Crippen LogP contribution < -0.4 is 10.7 Å². The number of aliphatic hydroxyl groups is 1. The molecule has 5 heterocycles. The molecule has 0 unspecified atom stereocenters. The molecule has 4 N–H and O–H groups in total. The zero-order chi connectivity index (χ0) is 46.7. The van der Waals surface area contributed by atoms with Gasteiger partial charge in [0.05, 0.1) is 36.6 Å². The molecule has 0 aliphatic carbocycles. The molecule has 2 fully saturated rings. The second kappa shape index (κ2) is 20.0. The Morgan fingerprint density at radius 1 is 1.08 bits per heavy atom. The Bertz CT molecular complexity index is 2400. The summed E-state index contributed by atoms with van der Waals surface area (Å²) in [5.74, 6) is -2.19. The summed E-state index contributed by atoms with van der Waals surface area (Å²) in [7, 11) is 3.31. The number of amides is 3. The number of hydrogen-bond acceptors (Lipinski definition) is 11. The van der Waals surface area contributed by atoms with Gasteiger partial charge >= 0.3 is 5.97 Å². The number of carbonyl (C=O) groups is 4. The molecule has 4 aromatic rings. The number of hydrazine groups is 1. The van der Waals surface area contributed by atoms with Crippen molar-refractivity contribution in [2.24, 2.45) is 17.3 Å². The minimum absolute atomic E-state index is 0.00218. The summed E-state index contributed by atoms with van der Waals surface area (Å²) in [5, 5.41) is 26.2. The molecule has 2 aromatic heterocycles. The summed E-state index contributed by atoms with van der Waals surface area (Å²) < 4.78 is 14.2. The van der Waals surface area contributed by atoms with Crippen LogP contribution in [-0.2, 0) is 48.0 Å². The van der Waals surface area contributed by atoms with Gasteiger partial charge in [0.1, 0.15) is 23.9 Å². The van der Waals surface area contributed by atoms with Crippen LogP contribution in [0.3, 0.4) is 0 Å². The standard InChI is InChI=1S/C50H67N7O8/c1-9-56-42-15-14-33-26-38(42)39(45(56)37-12-10-17-51-43(37)31(4)64-8)27-50(5,6)29-65-49(63)40-13-11-18-57(53-40)48(62)41(24-32-22-35(33)25-36(59)23-32)52-46(60)44(30(2)3)54(7)47(61)34-16-19-55(28-34)20-21-58/h10,12,14-15,17,22-23,25-26,30-31,34,40-41,44,53,58-59H,9,11,13,16,18-21,24,27-29H2,1-8H3,(H,52,60)/t31-,34-,40-,41-,44-/m0/s1. The van der Waals surface area contributed by atoms with E-state index in [1.54, 1.807) is 32.5 Å². The first-order chi connectivity index (χ1) is 31.0. The van der Waals surface area contributed by atoms with Crippen molar-refractivity contribution in [3.63, 3.8) is 0 Å². The Hall–Kier alpha value is -5.35. The van der Waals surface area contributed by atoms with Crippen LogP contribution in [0.5, 0.6) is 5.75 Å². The first kappa shape index (κ1) is 47.6. The van der Waals surface area contributed by atoms with E-state index in [1.807, 2.05) is 43.9 Å². The number of rotatable bonds is 11. The van der Waals surface area contributed by atoms with Crippen LogP contribution in [0.15, 0.2) is 54.7 Å². The molecule has 7 rings (SSSR count). The average molecular weight is 894 g/mol. The smallest absolute Gasteiger partial charge is 0.324 e. The van der Waals surface area contributed by atoms with Crippen LogP contribution in [0.25, 0.3) is 33.3 Å². The van der Waals surface area contributed by atoms with E-state index in [1.165, 1.54) is 9.91 Å². The quantitative estimate of drug-likeness (QED) is 0.145. The van der Waals surface area contributed by atoms with E-state index in [0.717, 1.165) is 44.5 Å². The van der Waals surface area contributed by atoms with Crippen molar-refractivity contribution in [3.8, 4) is 28.1 Å². The van der Waals surface area contributed by atoms with Crippen molar-refractivity contribution >= 4 is 34.6 Å². The lowest BCUT2D eigenvalue weighted by Crippen LogP contribution is -2.62. The number of carbonyl (C=O) groups excluding carboxylic acids is 4. The van der Waals surface area contributed by atoms with E-state index in [4.69, 9.17) is 14.5 Å². The highest BCUT2D eigenvalue weighted by atomic mass is 16.5. The number of aromatic hydroxyl groups is 1. The fourth-order valence-corrected chi connectivity index (χ4v) is 10.1. The summed E-state index contributed by atoms with van der Waals surface area (Å²) in [6, 6.07) is 12.7. The number of β-amino-alcohol motifs (C(OH)–C–C–N with tert-alkyl or cyclic N) is 1. The second-order valence-corrected chi connectivity index (χ2v) is 19.2. The van der Waals surface area contributed by atoms with Gasteiger partial charge in [-0.1, -0.05) is 39.8 Å². The van der Waals surface area contributed by atoms with Crippen molar-refractivity contribution in [2.75, 3.05) is 53.6 Å². The Kier molecular flexibility index (Phi) is 14.7. The number of esters is 1. The van der Waals surface area contributed by atoms with E-state index in [-0.39, 0.29) is 49.2 Å². The van der Waals surface area contributed by atoms with Crippen molar-refractivity contribution in [1.29, 1.82) is 0 Å². The lowest BCUT2D eigenvalue weighted by atomic mass is 9.84. The number of likely N-dealkylation sites (tertiary alicyclic amines) is 1. The first-order valence-corrected chi connectivity index (χ1v) is 23.1. The molecule has 0 radical (unpaired) electrons. The van der Waals surface area contributed by atoms with Gasteiger partial charge in [-0.3, -0.25) is 29.2 Å². The molecule has 2 saturated heterocycles. The fourth-order valence-electron chi connectivity index (χ4n) is 10.1. The largest absolute Gasteiger partial charge is 0.508 e. The number of aliphatic hydroxyl groups excluding tert-OH is 1. The number of cyclic esters (lactones) is 1. The van der Waals surface area contributed by atoms with Crippen LogP contribution in [0.4, 0.5) is 0 Å². The molecular formula is C50H67N7O8. The maximum absolute atomic E-state index is 14.7. The molecule has 15 heteroatoms. The summed E-state index contributed by atoms with van der Waals surface area (Å²) in [5.41, 5.74) is 9.64. The van der Waals surface area contributed by atoms with Crippen molar-refractivity contribution in [1.82, 2.24) is 35.1 Å². The van der Waals surface area contributed by atoms with Crippen LogP contribution in [0.1, 0.15) is 83.7 Å². The zero-order valence-corrected chi connectivity index (χ0v) is 39.2. The number of methoxy groups -OCH3 is 1. The van der Waals surface area contributed by atoms with E-state index >= 15 is 0 Å². The predicted molar refractivity (Wildman–Crippen MR) is 248 cm³/mol. The van der Waals surface area contributed by atoms with E-state index < -0.39 is 41.3 Å². The normalized spacial score (nSPS) is 21.5. The molecular weight excluding hydrogens is 827 g/mol. The molecule has 2 aromatic carbocycles. The molecule has 3 aliphatic heterocycles. The Morgan fingerprint density at radius 3 is 2.58 bits per heavy atom. The lowest BCUT2D eigenvalue weighted by Gasteiger charge is -2.37. The number of phenolic OH excluding ortho intramolecular Hbond substituents is 1. The van der Waals surface area contributed by atoms with Gasteiger partial charge in [-0.15, -0.1) is 0 Å². The number of nitrogens with zero attached hydrogens (tertiary/aromatic N) is 5. The van der Waals surface area contributed by atoms with E-state index in [2.05, 4.69) is 54.3 Å². The number of pyridine rings is 1. The van der Waals surface area contributed by atoms with Crippen LogP contribution >= 0.6 is 0 Å². The Labute approximate surface area is 382 Å². The topological polar surface area (TPSA) is 179 Å². The number of aryl methyl sites for hydroxylation is 1. The number of ether oxygens (including phenoxy) is 2. The molecule has 6 bridgehead atoms. The number of hydrogen-bond donors (Lipinski definition) is 4. The number of aromatic nitrogens is 2. The molecule has 5 atom stereocenters. The maximum atomic E-state index is 14.7. The Morgan fingerprint density at radius 2 is 1.86 bits per heavy atom. The van der Waals surface area contributed by atoms with E-state index in [9.17, 15) is 29.4 Å². The number of nitrogens with one attached hydrogen (secondary N) is 2. The van der Waals surface area contributed by atoms with Gasteiger partial charge in [-0.05, 0) is 111 Å². The highest BCUT2D eigenvalue weighted by molar-refractivity contribution is 5.96. The average Bonchev–Trinajstić information content (AvgIpc) is 3.88. The summed E-state index contributed by atoms with van der Waals surface area (Å²) >= 11 is 0. The molecule has 350 valence electrons. The third-order valence-electron chi connectivity index (χ3n) is 13.4. The predicted octanol–water partition coefficient (Wildman–Crippen LogP) is 5.25. The summed E-state index contributed by atoms with van der Waals surface area (Å²) in [6.45, 7) is 14.7. The molecule has 3 amide bonds. The maximum Gasteiger partial charge on any atom is 0.324 e. The highest BCUT2D eigenvalue weighted by Gasteiger charge is 2.40. The van der Waals surface area contributed by atoms with Crippen LogP contribution in [-0.4, -0.2) is 130 Å². The van der Waals surface area contributed by atoms with Gasteiger partial charge in [0.2, 0.25) is 11.8 Å². The minimum atomic E-state index is -1.13. The summed E-state index contributed by atoms with van der Waals surface area (Å²) in [6.07, 6.45) is 3.66. The highest BCUT2D eigenvalue weighted by Crippen LogP contribution is 2.42. The number of fused-ring (bicyclic) bond motifs is 6. The van der Waals surface area contributed by atoms with Crippen molar-refractivity contribution in [2.45, 2.75) is 104 Å². The van der Waals surface area contributed by atoms with Crippen molar-refractivity contribution in [3.05, 3.63) is 71.5 Å². The molecule has 3 aliphatic rings. The lowest BCUT2D eigenvalue weighted by molar-refractivity contribution is -0.155. The molecule has 0 saturated carbocycles. The van der Waals surface area contributed by atoms with Gasteiger partial charge in [-0.2, -0.15) is 0 Å². The van der Waals surface area contributed by atoms with Gasteiger partial charge in [0.25, 0.3) is 5.91 Å². The molecule has 0 spiro atoms. The van der Waals surface area contributed by atoms with Gasteiger partial charge in [-0.25, -0.2) is 5.43 Å². The van der Waals surface area contributed by atoms with E-state index in [0.29, 0.717) is 64.0 Å². The Balaban J connectivity index is 1.31. The number of phenols is 1. The third-order valence-corrected chi connectivity index (χ3v) is 13.4. The monoisotopic (exact) mass is 894 g/mol. The van der Waals surface area contributed by atoms with Crippen LogP contribution in [0, 0.1) is 17.3 Å². The summed E-state index contributed by atoms with van der Waals surface area (Å²) in [4.78, 5) is 65.3. The SMILES string of the molecule is CCn1c(-c2cccnc2[C@H](C)OC)c2c3cc(ccc31)-c1cc(O)cc(c1)C[C@H](NC(=O)[C@H](C(C)C)N(C)C(=O)[C@H]1CCN(CCO)C1)C(=O)N1CCC[C@H](N1)C(=O)OCC(C)(C)C2. The molecule has 65 heavy (non-hydrogen) atoms. The van der Waals surface area contributed by atoms with Gasteiger partial charge in [0, 0.05) is 74.8 Å². The van der Waals surface area contributed by atoms with Gasteiger partial charge < -0.3 is 39.4 Å². The number of benzene rings is 2. The number of likely N-dealkylation sites (N-methyl/N-ethyl adjacent to an activating group) is 1. The third kappa shape index (κ3) is 10.2. The fraction of sp³-hybridized carbons (Fsp3) is 0.540. The van der Waals surface area contributed by atoms with Gasteiger partial charge in [0.15, 0.2) is 0 Å². The first-order valence-electron chi connectivity index (χ1n) is 23.1. The molecule has 15 nitrogen and oxygen atoms in total. The van der Waals surface area contributed by atoms with Crippen LogP contribution in [0.2, 0.25) is 0 Å². The minimum Gasteiger partial charge on any atom is -0.508 e. The second-order valence-electron chi connectivity index (χ2n) is 19.2. The zero-order valence-electron chi connectivity index (χ0n) is 39.2. The van der Waals surface area contributed by atoms with Crippen molar-refractivity contribution < 1.29 is 38.9 Å².